The third-order valence-electron chi connectivity index (χ3n) is 1.44. The predicted octanol–water partition coefficient (Wildman–Crippen LogP) is -2.37. The minimum Gasteiger partial charge on any atom is -0.873 e. The van der Waals surface area contributed by atoms with Crippen LogP contribution in [-0.2, 0) is 30.6 Å². The normalized spacial score (nSPS) is 20.7. The third-order valence-corrected chi connectivity index (χ3v) is 1.44. The summed E-state index contributed by atoms with van der Waals surface area (Å²) >= 11 is 0. The van der Waals surface area contributed by atoms with Gasteiger partial charge in [-0.25, -0.2) is 4.79 Å². The topological polar surface area (TPSA) is 180 Å². The molecule has 8 nitrogen and oxygen atoms in total. The third kappa shape index (κ3) is 3.77. The summed E-state index contributed by atoms with van der Waals surface area (Å²) in [4.78, 5) is 10.4. The second-order valence-electron chi connectivity index (χ2n) is 2.27. The van der Waals surface area contributed by atoms with Crippen LogP contribution in [0.3, 0.4) is 0 Å². The standard InChI is InChI=1S/C6H8O6.2H2N.Pt/c7-1-2(8)5-3(9)4(10)6(11)12-5;;;/h2,5,7-10H,1H2;2*1H2;/q;2*-1;+4/p-2. The van der Waals surface area contributed by atoms with E-state index in [1.807, 2.05) is 0 Å². The van der Waals surface area contributed by atoms with Crippen LogP contribution < -0.4 is 10.2 Å². The molecule has 0 radical (unpaired) electrons. The Kier molecular flexibility index (Phi) is 10.1. The number of nitrogens with two attached hydrogens (primary N) is 2. The van der Waals surface area contributed by atoms with Crippen molar-refractivity contribution in [2.24, 2.45) is 0 Å². The average Bonchev–Trinajstić information content (AvgIpc) is 2.32. The van der Waals surface area contributed by atoms with Crippen LogP contribution in [0, 0.1) is 0 Å². The van der Waals surface area contributed by atoms with E-state index >= 15 is 0 Å². The van der Waals surface area contributed by atoms with Gasteiger partial charge in [-0.05, 0) is 5.76 Å². The molecule has 6 N–H and O–H groups in total. The summed E-state index contributed by atoms with van der Waals surface area (Å²) < 4.78 is 4.19. The largest absolute Gasteiger partial charge is 4.00 e. The number of aliphatic hydroxyl groups excluding tert-OH is 2. The number of hydrogen-bond acceptors (Lipinski definition) is 6. The first-order chi connectivity index (χ1) is 5.57. The molecule has 90 valence electrons. The van der Waals surface area contributed by atoms with Gasteiger partial charge in [0, 0.05) is 0 Å². The quantitative estimate of drug-likeness (QED) is 0.488. The van der Waals surface area contributed by atoms with E-state index in [-0.39, 0.29) is 33.4 Å². The molecule has 0 aliphatic carbocycles. The average molecular weight is 401 g/mol. The molecule has 0 amide bonds. The smallest absolute Gasteiger partial charge is 0.873 e. The van der Waals surface area contributed by atoms with Crippen LogP contribution in [0.15, 0.2) is 11.5 Å². The van der Waals surface area contributed by atoms with Crippen LogP contribution >= 0.6 is 0 Å². The molecule has 0 aromatic rings. The fraction of sp³-hybridized carbons (Fsp3) is 0.500. The summed E-state index contributed by atoms with van der Waals surface area (Å²) in [5, 5.41) is 38.5. The Balaban J connectivity index is -0.000000480. The number of rotatable bonds is 2. The molecule has 2 atom stereocenters. The van der Waals surface area contributed by atoms with Gasteiger partial charge in [-0.1, -0.05) is 5.76 Å². The fourth-order valence-corrected chi connectivity index (χ4v) is 0.801. The molecule has 1 rings (SSSR count). The number of hydrogen-bond donors (Lipinski definition) is 2. The number of esters is 1. The van der Waals surface area contributed by atoms with Crippen LogP contribution in [0.5, 0.6) is 0 Å². The Morgan fingerprint density at radius 3 is 2.13 bits per heavy atom. The van der Waals surface area contributed by atoms with Crippen molar-refractivity contribution in [2.75, 3.05) is 6.61 Å². The molecular formula is C6H10N2O6Pt. The van der Waals surface area contributed by atoms with Crippen molar-refractivity contribution >= 4 is 5.97 Å². The molecule has 0 saturated carbocycles. The summed E-state index contributed by atoms with van der Waals surface area (Å²) in [7, 11) is 0. The van der Waals surface area contributed by atoms with E-state index in [4.69, 9.17) is 10.2 Å². The van der Waals surface area contributed by atoms with Gasteiger partial charge in [-0.2, -0.15) is 0 Å². The zero-order chi connectivity index (χ0) is 9.30. The summed E-state index contributed by atoms with van der Waals surface area (Å²) in [5.74, 6) is -3.67. The maximum atomic E-state index is 10.7. The molecular weight excluding hydrogens is 391 g/mol. The number of aliphatic hydroxyl groups is 2. The molecule has 9 heteroatoms. The minimum absolute atomic E-state index is 0. The second-order valence-corrected chi connectivity index (χ2v) is 2.27. The summed E-state index contributed by atoms with van der Waals surface area (Å²) in [6, 6.07) is 0. The summed E-state index contributed by atoms with van der Waals surface area (Å²) in [6.07, 6.45) is -3.05. The first kappa shape index (κ1) is 19.8. The minimum atomic E-state index is -1.53. The Morgan fingerprint density at radius 1 is 1.40 bits per heavy atom. The molecule has 1 aliphatic rings. The van der Waals surface area contributed by atoms with E-state index in [1.165, 1.54) is 0 Å². The maximum absolute atomic E-state index is 10.7. The van der Waals surface area contributed by atoms with E-state index < -0.39 is 36.3 Å². The Labute approximate surface area is 100.0 Å². The molecule has 0 saturated heterocycles. The van der Waals surface area contributed by atoms with Crippen LogP contribution in [0.1, 0.15) is 0 Å². The van der Waals surface area contributed by atoms with Crippen molar-refractivity contribution in [1.29, 1.82) is 0 Å². The van der Waals surface area contributed by atoms with Gasteiger partial charge in [0.05, 0.1) is 6.61 Å². The number of ether oxygens (including phenoxy) is 1. The van der Waals surface area contributed by atoms with Gasteiger partial charge in [-0.15, -0.1) is 0 Å². The van der Waals surface area contributed by atoms with E-state index in [0.717, 1.165) is 0 Å². The molecule has 1 heterocycles. The molecule has 0 aromatic heterocycles. The maximum Gasteiger partial charge on any atom is 4.00 e. The van der Waals surface area contributed by atoms with Crippen molar-refractivity contribution in [2.45, 2.75) is 12.2 Å². The molecule has 1 aliphatic heterocycles. The Hall–Kier alpha value is -0.662. The number of carbonyl (C=O) groups is 1. The zero-order valence-corrected chi connectivity index (χ0v) is 9.63. The van der Waals surface area contributed by atoms with Gasteiger partial charge in [0.2, 0.25) is 0 Å². The van der Waals surface area contributed by atoms with Crippen molar-refractivity contribution in [3.8, 4) is 0 Å². The van der Waals surface area contributed by atoms with Gasteiger partial charge < -0.3 is 37.5 Å². The zero-order valence-electron chi connectivity index (χ0n) is 7.36. The van der Waals surface area contributed by atoms with Crippen LogP contribution in [0.4, 0.5) is 0 Å². The summed E-state index contributed by atoms with van der Waals surface area (Å²) in [5.41, 5.74) is 0. The van der Waals surface area contributed by atoms with Crippen molar-refractivity contribution < 1.29 is 51.0 Å². The molecule has 15 heavy (non-hydrogen) atoms. The SMILES string of the molecule is O=C1OC(C(O)CO)C([O-])=C1[O-].[NH2-].[NH2-].[Pt+4]. The summed E-state index contributed by atoms with van der Waals surface area (Å²) in [6.45, 7) is -0.739. The van der Waals surface area contributed by atoms with Crippen LogP contribution in [0.25, 0.3) is 12.3 Å². The van der Waals surface area contributed by atoms with E-state index in [0.29, 0.717) is 0 Å². The van der Waals surface area contributed by atoms with Crippen molar-refractivity contribution in [3.05, 3.63) is 23.8 Å². The monoisotopic (exact) mass is 401 g/mol. The van der Waals surface area contributed by atoms with Gasteiger partial charge in [0.1, 0.15) is 12.2 Å². The Bertz CT molecular complexity index is 246. The van der Waals surface area contributed by atoms with Crippen LogP contribution in [-0.4, -0.2) is 35.0 Å². The van der Waals surface area contributed by atoms with Gasteiger partial charge >= 0.3 is 27.0 Å². The van der Waals surface area contributed by atoms with Crippen molar-refractivity contribution in [3.63, 3.8) is 0 Å². The fourth-order valence-electron chi connectivity index (χ4n) is 0.801. The first-order valence-electron chi connectivity index (χ1n) is 3.16. The molecule has 0 bridgehead atoms. The van der Waals surface area contributed by atoms with Crippen LogP contribution in [0.2, 0.25) is 0 Å². The van der Waals surface area contributed by atoms with Gasteiger partial charge in [0.15, 0.2) is 0 Å². The molecule has 0 fully saturated rings. The van der Waals surface area contributed by atoms with Gasteiger partial charge in [0.25, 0.3) is 0 Å². The number of cyclic esters (lactones) is 1. The van der Waals surface area contributed by atoms with E-state index in [2.05, 4.69) is 4.74 Å². The number of carbonyl (C=O) groups excluding carboxylic acids is 1. The molecule has 2 unspecified atom stereocenters. The Morgan fingerprint density at radius 2 is 1.87 bits per heavy atom. The molecule has 0 spiro atoms. The predicted molar refractivity (Wildman–Crippen MR) is 40.6 cm³/mol. The molecule has 0 aromatic carbocycles. The van der Waals surface area contributed by atoms with E-state index in [9.17, 15) is 15.0 Å². The van der Waals surface area contributed by atoms with Gasteiger partial charge in [-0.3, -0.25) is 0 Å². The first-order valence-corrected chi connectivity index (χ1v) is 3.16. The second kappa shape index (κ2) is 7.61. The van der Waals surface area contributed by atoms with E-state index in [1.54, 1.807) is 0 Å². The van der Waals surface area contributed by atoms with Crippen molar-refractivity contribution in [1.82, 2.24) is 0 Å².